The first-order valence-corrected chi connectivity index (χ1v) is 7.16. The van der Waals surface area contributed by atoms with E-state index >= 15 is 0 Å². The maximum Gasteiger partial charge on any atom is 0.339 e. The molecule has 0 radical (unpaired) electrons. The van der Waals surface area contributed by atoms with Crippen LogP contribution in [-0.4, -0.2) is 11.1 Å². The summed E-state index contributed by atoms with van der Waals surface area (Å²) in [4.78, 5) is 11.1. The van der Waals surface area contributed by atoms with Gasteiger partial charge in [-0.3, -0.25) is 0 Å². The number of carbonyl (C=O) groups is 1. The minimum absolute atomic E-state index is 0.0249. The second kappa shape index (κ2) is 6.37. The van der Waals surface area contributed by atoms with Crippen molar-refractivity contribution in [1.29, 1.82) is 0 Å². The predicted octanol–water partition coefficient (Wildman–Crippen LogP) is 4.63. The molecule has 0 bridgehead atoms. The van der Waals surface area contributed by atoms with Gasteiger partial charge in [0.2, 0.25) is 0 Å². The maximum absolute atomic E-state index is 13.7. The van der Waals surface area contributed by atoms with E-state index in [1.165, 1.54) is 12.1 Å². The number of para-hydroxylation sites is 1. The molecule has 2 aromatic carbocycles. The number of hydrogen-bond donors (Lipinski definition) is 1. The Bertz CT molecular complexity index is 659. The van der Waals surface area contributed by atoms with Gasteiger partial charge in [0, 0.05) is 10.0 Å². The number of benzene rings is 2. The Balaban J connectivity index is 2.25. The summed E-state index contributed by atoms with van der Waals surface area (Å²) in [5.74, 6) is -1.33. The van der Waals surface area contributed by atoms with Gasteiger partial charge in [0.25, 0.3) is 0 Å². The average molecular weight is 404 g/mol. The zero-order valence-electron chi connectivity index (χ0n) is 10.1. The van der Waals surface area contributed by atoms with Crippen molar-refractivity contribution < 1.29 is 19.0 Å². The molecule has 0 heterocycles. The minimum atomic E-state index is -1.10. The number of halogens is 3. The average Bonchev–Trinajstić information content (AvgIpc) is 2.38. The van der Waals surface area contributed by atoms with Crippen LogP contribution in [0.3, 0.4) is 0 Å². The minimum Gasteiger partial charge on any atom is -0.487 e. The highest BCUT2D eigenvalue weighted by atomic mass is 79.9. The van der Waals surface area contributed by atoms with E-state index in [2.05, 4.69) is 31.9 Å². The molecule has 0 aliphatic rings. The van der Waals surface area contributed by atoms with Gasteiger partial charge in [-0.1, -0.05) is 28.1 Å². The van der Waals surface area contributed by atoms with Crippen LogP contribution < -0.4 is 4.74 Å². The van der Waals surface area contributed by atoms with Crippen LogP contribution >= 0.6 is 31.9 Å². The van der Waals surface area contributed by atoms with Crippen molar-refractivity contribution in [1.82, 2.24) is 0 Å². The Hall–Kier alpha value is -1.40. The summed E-state index contributed by atoms with van der Waals surface area (Å²) in [7, 11) is 0. The van der Waals surface area contributed by atoms with Gasteiger partial charge in [-0.25, -0.2) is 9.18 Å². The van der Waals surface area contributed by atoms with Gasteiger partial charge < -0.3 is 9.84 Å². The van der Waals surface area contributed by atoms with Crippen molar-refractivity contribution in [3.05, 3.63) is 62.3 Å². The molecule has 20 heavy (non-hydrogen) atoms. The fraction of sp³-hybridized carbons (Fsp3) is 0.0714. The summed E-state index contributed by atoms with van der Waals surface area (Å²) in [6.07, 6.45) is 0. The van der Waals surface area contributed by atoms with E-state index in [1.807, 2.05) is 0 Å². The van der Waals surface area contributed by atoms with Crippen LogP contribution in [0.25, 0.3) is 0 Å². The molecule has 104 valence electrons. The van der Waals surface area contributed by atoms with E-state index in [0.717, 1.165) is 0 Å². The highest BCUT2D eigenvalue weighted by Gasteiger charge is 2.15. The van der Waals surface area contributed by atoms with Crippen LogP contribution in [0.4, 0.5) is 4.39 Å². The van der Waals surface area contributed by atoms with Crippen LogP contribution in [0, 0.1) is 5.82 Å². The number of ether oxygens (including phenoxy) is 1. The molecule has 0 saturated heterocycles. The van der Waals surface area contributed by atoms with Crippen molar-refractivity contribution >= 4 is 37.8 Å². The van der Waals surface area contributed by atoms with Gasteiger partial charge in [0.1, 0.15) is 23.7 Å². The molecule has 0 fully saturated rings. The van der Waals surface area contributed by atoms with Crippen LogP contribution in [0.15, 0.2) is 45.3 Å². The summed E-state index contributed by atoms with van der Waals surface area (Å²) in [5.41, 5.74) is 0.372. The van der Waals surface area contributed by atoms with Gasteiger partial charge in [-0.15, -0.1) is 0 Å². The number of aromatic carboxylic acids is 1. The molecule has 0 atom stereocenters. The molecule has 0 amide bonds. The predicted molar refractivity (Wildman–Crippen MR) is 79.5 cm³/mol. The van der Waals surface area contributed by atoms with Gasteiger partial charge in [-0.2, -0.15) is 0 Å². The Morgan fingerprint density at radius 1 is 1.25 bits per heavy atom. The first-order chi connectivity index (χ1) is 9.49. The topological polar surface area (TPSA) is 46.5 Å². The molecular formula is C14H9Br2FO3. The number of carboxylic acid groups (broad SMARTS) is 1. The highest BCUT2D eigenvalue weighted by Crippen LogP contribution is 2.30. The highest BCUT2D eigenvalue weighted by molar-refractivity contribution is 9.10. The second-order valence-corrected chi connectivity index (χ2v) is 5.72. The third-order valence-electron chi connectivity index (χ3n) is 2.58. The zero-order chi connectivity index (χ0) is 14.7. The van der Waals surface area contributed by atoms with Crippen molar-refractivity contribution in [3.63, 3.8) is 0 Å². The third kappa shape index (κ3) is 3.37. The monoisotopic (exact) mass is 402 g/mol. The SMILES string of the molecule is O=C(O)c1cccc(Br)c1OCc1ccc(Br)cc1F. The van der Waals surface area contributed by atoms with Crippen molar-refractivity contribution in [2.24, 2.45) is 0 Å². The number of hydrogen-bond acceptors (Lipinski definition) is 2. The lowest BCUT2D eigenvalue weighted by molar-refractivity contribution is 0.0691. The van der Waals surface area contributed by atoms with Gasteiger partial charge in [0.15, 0.2) is 0 Å². The zero-order valence-corrected chi connectivity index (χ0v) is 13.2. The Kier molecular flexibility index (Phi) is 4.77. The molecule has 2 rings (SSSR count). The third-order valence-corrected chi connectivity index (χ3v) is 3.70. The summed E-state index contributed by atoms with van der Waals surface area (Å²) < 4.78 is 20.3. The Morgan fingerprint density at radius 3 is 2.65 bits per heavy atom. The molecule has 0 saturated carbocycles. The van der Waals surface area contributed by atoms with Gasteiger partial charge in [0.05, 0.1) is 4.47 Å². The summed E-state index contributed by atoms with van der Waals surface area (Å²) in [5, 5.41) is 9.10. The molecule has 1 N–H and O–H groups in total. The molecule has 0 aliphatic carbocycles. The van der Waals surface area contributed by atoms with Crippen LogP contribution in [0.5, 0.6) is 5.75 Å². The fourth-order valence-corrected chi connectivity index (χ4v) is 2.43. The van der Waals surface area contributed by atoms with Gasteiger partial charge in [-0.05, 0) is 40.2 Å². The lowest BCUT2D eigenvalue weighted by Crippen LogP contribution is -2.05. The smallest absolute Gasteiger partial charge is 0.339 e. The number of rotatable bonds is 4. The summed E-state index contributed by atoms with van der Waals surface area (Å²) in [6, 6.07) is 9.30. The molecule has 0 spiro atoms. The molecular weight excluding hydrogens is 395 g/mol. The maximum atomic E-state index is 13.7. The molecule has 0 aromatic heterocycles. The van der Waals surface area contributed by atoms with E-state index in [-0.39, 0.29) is 17.9 Å². The van der Waals surface area contributed by atoms with E-state index in [0.29, 0.717) is 14.5 Å². The van der Waals surface area contributed by atoms with Crippen molar-refractivity contribution in [3.8, 4) is 5.75 Å². The van der Waals surface area contributed by atoms with E-state index in [4.69, 9.17) is 9.84 Å². The Labute approximate surface area is 131 Å². The summed E-state index contributed by atoms with van der Waals surface area (Å²) in [6.45, 7) is -0.0536. The lowest BCUT2D eigenvalue weighted by atomic mass is 10.2. The van der Waals surface area contributed by atoms with Crippen LogP contribution in [0.1, 0.15) is 15.9 Å². The molecule has 0 unspecified atom stereocenters. The van der Waals surface area contributed by atoms with E-state index in [1.54, 1.807) is 24.3 Å². The fourth-order valence-electron chi connectivity index (χ4n) is 1.61. The van der Waals surface area contributed by atoms with Crippen molar-refractivity contribution in [2.45, 2.75) is 6.61 Å². The molecule has 3 nitrogen and oxygen atoms in total. The first-order valence-electron chi connectivity index (χ1n) is 5.57. The molecule has 6 heteroatoms. The lowest BCUT2D eigenvalue weighted by Gasteiger charge is -2.11. The van der Waals surface area contributed by atoms with E-state index in [9.17, 15) is 9.18 Å². The van der Waals surface area contributed by atoms with Crippen LogP contribution in [0.2, 0.25) is 0 Å². The normalized spacial score (nSPS) is 10.3. The van der Waals surface area contributed by atoms with Gasteiger partial charge >= 0.3 is 5.97 Å². The standard InChI is InChI=1S/C14H9Br2FO3/c15-9-5-4-8(12(17)6-9)7-20-13-10(14(18)19)2-1-3-11(13)16/h1-6H,7H2,(H,18,19). The summed E-state index contributed by atoms with van der Waals surface area (Å²) >= 11 is 6.40. The first kappa shape index (κ1) is 15.0. The van der Waals surface area contributed by atoms with Crippen molar-refractivity contribution in [2.75, 3.05) is 0 Å². The van der Waals surface area contributed by atoms with Crippen LogP contribution in [-0.2, 0) is 6.61 Å². The molecule has 0 aliphatic heterocycles. The largest absolute Gasteiger partial charge is 0.487 e. The Morgan fingerprint density at radius 2 is 2.00 bits per heavy atom. The molecule has 2 aromatic rings. The number of carboxylic acids is 1. The quantitative estimate of drug-likeness (QED) is 0.809. The second-order valence-electron chi connectivity index (χ2n) is 3.95. The van der Waals surface area contributed by atoms with E-state index < -0.39 is 11.8 Å².